The summed E-state index contributed by atoms with van der Waals surface area (Å²) in [5.74, 6) is -3.51. The van der Waals surface area contributed by atoms with Gasteiger partial charge in [-0.05, 0) is 37.0 Å². The fourth-order valence-corrected chi connectivity index (χ4v) is 5.77. The zero-order chi connectivity index (χ0) is 29.0. The molecule has 3 aliphatic rings. The molecule has 222 valence electrons. The fraction of sp³-hybridized carbons (Fsp3) is 0.769. The molecular weight excluding hydrogens is 520 g/mol. The van der Waals surface area contributed by atoms with Crippen molar-refractivity contribution in [2.24, 2.45) is 29.6 Å². The van der Waals surface area contributed by atoms with Crippen molar-refractivity contribution < 1.29 is 64.3 Å². The molecule has 13 heteroatoms. The second kappa shape index (κ2) is 13.5. The van der Waals surface area contributed by atoms with Crippen LogP contribution in [0, 0.1) is 29.6 Å². The first-order valence-corrected chi connectivity index (χ1v) is 13.1. The number of carboxylic acids is 1. The number of carbonyl (C=O) groups excluding carboxylic acids is 1. The van der Waals surface area contributed by atoms with Crippen LogP contribution in [-0.4, -0.2) is 111 Å². The van der Waals surface area contributed by atoms with E-state index in [1.807, 2.05) is 13.8 Å². The molecule has 3 rings (SSSR count). The number of hydrogen-bond donors (Lipinski definition) is 7. The quantitative estimate of drug-likeness (QED) is 0.125. The lowest BCUT2D eigenvalue weighted by Gasteiger charge is -2.41. The fourth-order valence-electron chi connectivity index (χ4n) is 5.77. The van der Waals surface area contributed by atoms with Gasteiger partial charge in [-0.25, -0.2) is 4.79 Å². The average molecular weight is 561 g/mol. The molecule has 0 spiro atoms. The van der Waals surface area contributed by atoms with Crippen molar-refractivity contribution in [3.05, 3.63) is 23.5 Å². The molecule has 2 heterocycles. The first-order chi connectivity index (χ1) is 18.5. The summed E-state index contributed by atoms with van der Waals surface area (Å²) in [6.07, 6.45) is -7.11. The number of esters is 1. The van der Waals surface area contributed by atoms with Gasteiger partial charge in [0.15, 0.2) is 6.29 Å². The van der Waals surface area contributed by atoms with E-state index in [2.05, 4.69) is 0 Å². The molecule has 0 radical (unpaired) electrons. The second-order valence-electron chi connectivity index (χ2n) is 10.5. The van der Waals surface area contributed by atoms with Crippen LogP contribution >= 0.6 is 0 Å². The predicted octanol–water partition coefficient (Wildman–Crippen LogP) is -1.11. The van der Waals surface area contributed by atoms with Crippen LogP contribution in [0.1, 0.15) is 33.6 Å². The molecular formula is C26H40O13. The molecule has 0 aromatic carbocycles. The molecule has 0 aromatic rings. The minimum absolute atomic E-state index is 0.0484. The molecule has 0 amide bonds. The monoisotopic (exact) mass is 560 g/mol. The van der Waals surface area contributed by atoms with Crippen LogP contribution < -0.4 is 0 Å². The third-order valence-corrected chi connectivity index (χ3v) is 8.25. The first kappa shape index (κ1) is 31.4. The Kier molecular flexibility index (Phi) is 10.9. The highest BCUT2D eigenvalue weighted by Gasteiger charge is 2.48. The summed E-state index contributed by atoms with van der Waals surface area (Å²) in [6.45, 7) is 4.46. The van der Waals surface area contributed by atoms with Gasteiger partial charge in [-0.15, -0.1) is 0 Å². The Balaban J connectivity index is 1.75. The van der Waals surface area contributed by atoms with Gasteiger partial charge in [0.05, 0.1) is 24.9 Å². The number of allylic oxidation sites excluding steroid dienone is 1. The van der Waals surface area contributed by atoms with Crippen molar-refractivity contribution in [3.8, 4) is 0 Å². The SMILES string of the molecule is C/C=C1/[C@H](O[C@@H]2O[C@H](CO)[C@@H](O)[C@H](O)[C@H]2O)OC=C(C(=O)O)[C@H]1CC(=O)O[C@H]1C[C@@H](C(C)CO)[C@H](CO)[C@H]1C. The third kappa shape index (κ3) is 6.63. The summed E-state index contributed by atoms with van der Waals surface area (Å²) >= 11 is 0. The Hall–Kier alpha value is -2.10. The van der Waals surface area contributed by atoms with Gasteiger partial charge in [0, 0.05) is 24.7 Å². The highest BCUT2D eigenvalue weighted by molar-refractivity contribution is 5.89. The lowest BCUT2D eigenvalue weighted by molar-refractivity contribution is -0.327. The number of aliphatic hydroxyl groups excluding tert-OH is 6. The van der Waals surface area contributed by atoms with E-state index in [0.717, 1.165) is 6.26 Å². The summed E-state index contributed by atoms with van der Waals surface area (Å²) in [5.41, 5.74) is -0.00326. The van der Waals surface area contributed by atoms with Gasteiger partial charge in [0.1, 0.15) is 30.5 Å². The van der Waals surface area contributed by atoms with E-state index in [4.69, 9.17) is 18.9 Å². The van der Waals surface area contributed by atoms with E-state index in [9.17, 15) is 45.3 Å². The molecule has 2 fully saturated rings. The van der Waals surface area contributed by atoms with Gasteiger partial charge in [-0.1, -0.05) is 19.9 Å². The molecule has 0 aromatic heterocycles. The number of ether oxygens (including phenoxy) is 4. The highest BCUT2D eigenvalue weighted by atomic mass is 16.8. The Morgan fingerprint density at radius 1 is 1.13 bits per heavy atom. The van der Waals surface area contributed by atoms with Crippen LogP contribution in [0.3, 0.4) is 0 Å². The highest BCUT2D eigenvalue weighted by Crippen LogP contribution is 2.43. The normalized spacial score (nSPS) is 40.6. The third-order valence-electron chi connectivity index (χ3n) is 8.25. The molecule has 12 atom stereocenters. The standard InChI is InChI=1S/C26H40O13/c1-4-13-15(6-20(30)37-18-5-14(11(2)7-27)16(8-28)12(18)3)17(24(34)35)10-36-25(13)39-26-23(33)22(32)21(31)19(9-29)38-26/h4,10-12,14-16,18-19,21-23,25-29,31-33H,5-9H2,1-3H3,(H,34,35)/b13-4+/t11?,12-,14+,15+,16-,18+,19-,21-,22+,23-,25+,26+/m1/s1. The van der Waals surface area contributed by atoms with Gasteiger partial charge >= 0.3 is 11.9 Å². The maximum atomic E-state index is 13.1. The van der Waals surface area contributed by atoms with Crippen molar-refractivity contribution in [1.82, 2.24) is 0 Å². The summed E-state index contributed by atoms with van der Waals surface area (Å²) < 4.78 is 22.2. The van der Waals surface area contributed by atoms with Crippen LogP contribution in [0.15, 0.2) is 23.5 Å². The van der Waals surface area contributed by atoms with Crippen molar-refractivity contribution in [1.29, 1.82) is 0 Å². The zero-order valence-corrected chi connectivity index (χ0v) is 22.2. The predicted molar refractivity (Wildman–Crippen MR) is 131 cm³/mol. The largest absolute Gasteiger partial charge is 0.478 e. The molecule has 39 heavy (non-hydrogen) atoms. The van der Waals surface area contributed by atoms with Gasteiger partial charge in [-0.2, -0.15) is 0 Å². The lowest BCUT2D eigenvalue weighted by atomic mass is 9.83. The average Bonchev–Trinajstić information content (AvgIpc) is 3.22. The van der Waals surface area contributed by atoms with Gasteiger partial charge < -0.3 is 54.7 Å². The molecule has 1 aliphatic carbocycles. The number of aliphatic hydroxyl groups is 6. The number of carboxylic acid groups (broad SMARTS) is 1. The summed E-state index contributed by atoms with van der Waals surface area (Å²) in [4.78, 5) is 25.1. The van der Waals surface area contributed by atoms with E-state index in [-0.39, 0.29) is 54.5 Å². The zero-order valence-electron chi connectivity index (χ0n) is 22.2. The number of hydrogen-bond acceptors (Lipinski definition) is 12. The Morgan fingerprint density at radius 2 is 1.82 bits per heavy atom. The van der Waals surface area contributed by atoms with E-state index >= 15 is 0 Å². The molecule has 0 bridgehead atoms. The van der Waals surface area contributed by atoms with Gasteiger partial charge in [0.2, 0.25) is 6.29 Å². The van der Waals surface area contributed by atoms with E-state index in [1.165, 1.54) is 6.08 Å². The van der Waals surface area contributed by atoms with Crippen LogP contribution in [0.5, 0.6) is 0 Å². The lowest BCUT2D eigenvalue weighted by Crippen LogP contribution is -2.60. The van der Waals surface area contributed by atoms with Crippen molar-refractivity contribution in [2.75, 3.05) is 19.8 Å². The minimum Gasteiger partial charge on any atom is -0.478 e. The van der Waals surface area contributed by atoms with Crippen molar-refractivity contribution >= 4 is 11.9 Å². The second-order valence-corrected chi connectivity index (χ2v) is 10.5. The molecule has 1 saturated heterocycles. The van der Waals surface area contributed by atoms with E-state index in [0.29, 0.717) is 6.42 Å². The molecule has 1 saturated carbocycles. The Bertz CT molecular complexity index is 918. The maximum absolute atomic E-state index is 13.1. The molecule has 1 unspecified atom stereocenters. The van der Waals surface area contributed by atoms with Crippen LogP contribution in [0.4, 0.5) is 0 Å². The summed E-state index contributed by atoms with van der Waals surface area (Å²) in [7, 11) is 0. The van der Waals surface area contributed by atoms with E-state index < -0.39 is 67.6 Å². The van der Waals surface area contributed by atoms with Crippen LogP contribution in [0.25, 0.3) is 0 Å². The smallest absolute Gasteiger partial charge is 0.335 e. The molecule has 7 N–H and O–H groups in total. The van der Waals surface area contributed by atoms with Crippen LogP contribution in [-0.2, 0) is 28.5 Å². The number of rotatable bonds is 10. The van der Waals surface area contributed by atoms with Gasteiger partial charge in [-0.3, -0.25) is 4.79 Å². The van der Waals surface area contributed by atoms with Crippen molar-refractivity contribution in [2.45, 2.75) is 76.7 Å². The summed E-state index contributed by atoms with van der Waals surface area (Å²) in [5, 5.41) is 69.0. The van der Waals surface area contributed by atoms with Gasteiger partial charge in [0.25, 0.3) is 0 Å². The first-order valence-electron chi connectivity index (χ1n) is 13.1. The molecule has 2 aliphatic heterocycles. The minimum atomic E-state index is -1.71. The van der Waals surface area contributed by atoms with Crippen LogP contribution in [0.2, 0.25) is 0 Å². The van der Waals surface area contributed by atoms with E-state index in [1.54, 1.807) is 6.92 Å². The Labute approximate surface area is 226 Å². The van der Waals surface area contributed by atoms with Crippen molar-refractivity contribution in [3.63, 3.8) is 0 Å². The molecule has 13 nitrogen and oxygen atoms in total. The number of aliphatic carboxylic acids is 1. The topological polar surface area (TPSA) is 213 Å². The summed E-state index contributed by atoms with van der Waals surface area (Å²) in [6, 6.07) is 0. The number of carbonyl (C=O) groups is 2. The Morgan fingerprint density at radius 3 is 2.38 bits per heavy atom. The maximum Gasteiger partial charge on any atom is 0.335 e.